The molecule has 0 spiro atoms. The molecule has 154 valence electrons. The summed E-state index contributed by atoms with van der Waals surface area (Å²) in [5, 5.41) is 0. The number of ketones is 1. The molecule has 6 heteroatoms. The fourth-order valence-electron chi connectivity index (χ4n) is 4.22. The Morgan fingerprint density at radius 1 is 1.38 bits per heavy atom. The van der Waals surface area contributed by atoms with Gasteiger partial charge in [-0.05, 0) is 52.4 Å². The van der Waals surface area contributed by atoms with Crippen molar-refractivity contribution in [3.63, 3.8) is 0 Å². The number of hydrogen-bond acceptors (Lipinski definition) is 5. The minimum absolute atomic E-state index is 0.0472. The van der Waals surface area contributed by atoms with E-state index in [1.54, 1.807) is 7.11 Å². The molecule has 1 aromatic rings. The number of nitrogens with zero attached hydrogens (tertiary/aromatic N) is 1. The minimum atomic E-state index is -0.654. The fourth-order valence-corrected chi connectivity index (χ4v) is 4.78. The topological polar surface area (TPSA) is 65.0 Å². The lowest BCUT2D eigenvalue weighted by Gasteiger charge is -2.39. The van der Waals surface area contributed by atoms with Crippen molar-refractivity contribution in [1.29, 1.82) is 0 Å². The number of ether oxygens (including phenoxy) is 2. The highest BCUT2D eigenvalue weighted by Gasteiger charge is 2.46. The summed E-state index contributed by atoms with van der Waals surface area (Å²) in [6, 6.07) is 5.65. The Labute approximate surface area is 180 Å². The van der Waals surface area contributed by atoms with Gasteiger partial charge in [-0.3, -0.25) is 14.6 Å². The summed E-state index contributed by atoms with van der Waals surface area (Å²) in [6.07, 6.45) is 2.67. The largest absolute Gasteiger partial charge is 0.496 e. The molecule has 0 bridgehead atoms. The Kier molecular flexibility index (Phi) is 6.13. The maximum Gasteiger partial charge on any atom is 0.315 e. The van der Waals surface area contributed by atoms with E-state index in [1.165, 1.54) is 6.08 Å². The van der Waals surface area contributed by atoms with Gasteiger partial charge in [0.05, 0.1) is 11.6 Å². The number of carbonyl (C=O) groups is 2. The van der Waals surface area contributed by atoms with Crippen molar-refractivity contribution in [2.75, 3.05) is 13.7 Å². The summed E-state index contributed by atoms with van der Waals surface area (Å²) in [7, 11) is 1.60. The van der Waals surface area contributed by atoms with E-state index in [0.29, 0.717) is 29.9 Å². The zero-order valence-corrected chi connectivity index (χ0v) is 18.8. The van der Waals surface area contributed by atoms with Crippen LogP contribution in [-0.4, -0.2) is 31.2 Å². The number of methoxy groups -OCH3 is 1. The van der Waals surface area contributed by atoms with Gasteiger partial charge in [0.2, 0.25) is 0 Å². The molecular weight excluding hydrogens is 434 g/mol. The van der Waals surface area contributed by atoms with Crippen molar-refractivity contribution < 1.29 is 19.1 Å². The lowest BCUT2D eigenvalue weighted by molar-refractivity contribution is -0.145. The number of allylic oxidation sites excluding steroid dienone is 2. The smallest absolute Gasteiger partial charge is 0.315 e. The van der Waals surface area contributed by atoms with Crippen molar-refractivity contribution in [1.82, 2.24) is 0 Å². The number of rotatable bonds is 5. The molecule has 3 rings (SSSR count). The summed E-state index contributed by atoms with van der Waals surface area (Å²) < 4.78 is 11.5. The molecule has 29 heavy (non-hydrogen) atoms. The first-order valence-electron chi connectivity index (χ1n) is 9.61. The van der Waals surface area contributed by atoms with Crippen LogP contribution in [0.15, 0.2) is 51.6 Å². The van der Waals surface area contributed by atoms with Crippen molar-refractivity contribution in [3.8, 4) is 5.75 Å². The maximum absolute atomic E-state index is 13.2. The number of aliphatic imine (C=N–C) groups is 1. The minimum Gasteiger partial charge on any atom is -0.496 e. The predicted molar refractivity (Wildman–Crippen MR) is 116 cm³/mol. The third kappa shape index (κ3) is 4.22. The molecule has 0 aromatic heterocycles. The Bertz CT molecular complexity index is 929. The summed E-state index contributed by atoms with van der Waals surface area (Å²) in [5.74, 6) is -0.756. The van der Waals surface area contributed by atoms with E-state index >= 15 is 0 Å². The molecular formula is C23H26BrNO4. The van der Waals surface area contributed by atoms with Crippen LogP contribution in [0, 0.1) is 11.3 Å². The highest BCUT2D eigenvalue weighted by atomic mass is 79.9. The molecule has 1 unspecified atom stereocenters. The fraction of sp³-hybridized carbons (Fsp3) is 0.435. The first-order valence-corrected chi connectivity index (χ1v) is 10.4. The van der Waals surface area contributed by atoms with Crippen LogP contribution >= 0.6 is 15.9 Å². The van der Waals surface area contributed by atoms with E-state index in [4.69, 9.17) is 14.5 Å². The second-order valence-electron chi connectivity index (χ2n) is 8.32. The molecule has 2 aliphatic rings. The van der Waals surface area contributed by atoms with E-state index < -0.39 is 17.8 Å². The predicted octanol–water partition coefficient (Wildman–Crippen LogP) is 5.00. The molecule has 0 N–H and O–H groups in total. The van der Waals surface area contributed by atoms with E-state index in [-0.39, 0.29) is 17.8 Å². The first kappa shape index (κ1) is 21.5. The Hall–Kier alpha value is -2.21. The molecule has 1 heterocycles. The van der Waals surface area contributed by atoms with Gasteiger partial charge in [-0.1, -0.05) is 32.6 Å². The van der Waals surface area contributed by atoms with E-state index in [9.17, 15) is 9.59 Å². The molecule has 5 nitrogen and oxygen atoms in total. The van der Waals surface area contributed by atoms with Gasteiger partial charge in [0.1, 0.15) is 18.3 Å². The van der Waals surface area contributed by atoms with Crippen LogP contribution in [0.25, 0.3) is 0 Å². The van der Waals surface area contributed by atoms with Gasteiger partial charge in [0.15, 0.2) is 5.78 Å². The Balaban J connectivity index is 2.16. The molecule has 1 aliphatic heterocycles. The highest BCUT2D eigenvalue weighted by Crippen LogP contribution is 2.48. The maximum atomic E-state index is 13.2. The number of esters is 1. The van der Waals surface area contributed by atoms with Gasteiger partial charge in [-0.15, -0.1) is 0 Å². The lowest BCUT2D eigenvalue weighted by atomic mass is 9.67. The molecule has 0 fully saturated rings. The Morgan fingerprint density at radius 2 is 2.10 bits per heavy atom. The molecule has 0 saturated carbocycles. The summed E-state index contributed by atoms with van der Waals surface area (Å²) >= 11 is 3.52. The summed E-state index contributed by atoms with van der Waals surface area (Å²) in [5.41, 5.74) is 2.79. The van der Waals surface area contributed by atoms with Crippen LogP contribution < -0.4 is 4.74 Å². The number of hydrogen-bond donors (Lipinski definition) is 0. The molecule has 1 aromatic carbocycles. The number of carbonyl (C=O) groups excluding carboxylic acids is 2. The van der Waals surface area contributed by atoms with Crippen LogP contribution in [0.2, 0.25) is 0 Å². The number of Topliss-reactive ketones (excluding diaryl/α,β-unsaturated/α-hetero) is 1. The lowest BCUT2D eigenvalue weighted by Crippen LogP contribution is -2.39. The molecule has 0 radical (unpaired) electrons. The van der Waals surface area contributed by atoms with Crippen LogP contribution in [0.1, 0.15) is 45.1 Å². The van der Waals surface area contributed by atoms with Gasteiger partial charge in [-0.2, -0.15) is 0 Å². The van der Waals surface area contributed by atoms with Crippen LogP contribution in [0.4, 0.5) is 0 Å². The summed E-state index contributed by atoms with van der Waals surface area (Å²) in [6.45, 7) is 9.71. The molecule has 0 amide bonds. The standard InChI is InChI=1S/C23H26BrNO4/c1-6-9-29-22(27)19-13(2)25-16-11-23(3,4)12-17(26)21(16)20(19)14-7-8-18(28-5)15(24)10-14/h6-8,10,19-20H,1,9,11-12H2,2-5H3/t19?,20-/m1/s1. The van der Waals surface area contributed by atoms with Gasteiger partial charge >= 0.3 is 5.97 Å². The second kappa shape index (κ2) is 8.27. The number of halogens is 1. The zero-order chi connectivity index (χ0) is 21.3. The third-order valence-corrected chi connectivity index (χ3v) is 6.05. The Morgan fingerprint density at radius 3 is 2.72 bits per heavy atom. The first-order chi connectivity index (χ1) is 13.7. The molecule has 2 atom stereocenters. The van der Waals surface area contributed by atoms with Crippen LogP contribution in [-0.2, 0) is 14.3 Å². The second-order valence-corrected chi connectivity index (χ2v) is 9.18. The zero-order valence-electron chi connectivity index (χ0n) is 17.3. The molecule has 0 saturated heterocycles. The quantitative estimate of drug-likeness (QED) is 0.458. The van der Waals surface area contributed by atoms with Crippen molar-refractivity contribution in [3.05, 3.63) is 52.2 Å². The monoisotopic (exact) mass is 459 g/mol. The average Bonchev–Trinajstić information content (AvgIpc) is 2.63. The van der Waals surface area contributed by atoms with Crippen LogP contribution in [0.5, 0.6) is 5.75 Å². The summed E-state index contributed by atoms with van der Waals surface area (Å²) in [4.78, 5) is 30.8. The van der Waals surface area contributed by atoms with Crippen molar-refractivity contribution >= 4 is 33.4 Å². The van der Waals surface area contributed by atoms with Crippen LogP contribution in [0.3, 0.4) is 0 Å². The van der Waals surface area contributed by atoms with Crippen molar-refractivity contribution in [2.45, 2.75) is 39.5 Å². The molecule has 1 aliphatic carbocycles. The third-order valence-electron chi connectivity index (χ3n) is 5.43. The normalized spacial score (nSPS) is 23.2. The van der Waals surface area contributed by atoms with E-state index in [0.717, 1.165) is 15.7 Å². The van der Waals surface area contributed by atoms with Gasteiger partial charge in [-0.25, -0.2) is 0 Å². The SMILES string of the molecule is C=CCOC(=O)C1C(C)=NC2=C(C(=O)CC(C)(C)C2)[C@@H]1c1ccc(OC)c(Br)c1. The van der Waals surface area contributed by atoms with E-state index in [1.807, 2.05) is 25.1 Å². The van der Waals surface area contributed by atoms with Crippen molar-refractivity contribution in [2.24, 2.45) is 16.3 Å². The van der Waals surface area contributed by atoms with Gasteiger partial charge < -0.3 is 9.47 Å². The number of benzene rings is 1. The van der Waals surface area contributed by atoms with E-state index in [2.05, 4.69) is 36.4 Å². The van der Waals surface area contributed by atoms with Gasteiger partial charge in [0, 0.05) is 29.3 Å². The highest BCUT2D eigenvalue weighted by molar-refractivity contribution is 9.10. The van der Waals surface area contributed by atoms with Gasteiger partial charge in [0.25, 0.3) is 0 Å². The average molecular weight is 460 g/mol.